The molecule has 0 fully saturated rings. The zero-order chi connectivity index (χ0) is 10.1. The third-order valence-corrected chi connectivity index (χ3v) is 2.27. The quantitative estimate of drug-likeness (QED) is 0.771. The van der Waals surface area contributed by atoms with Gasteiger partial charge in [-0.1, -0.05) is 36.4 Å². The molecule has 0 aliphatic heterocycles. The van der Waals surface area contributed by atoms with Gasteiger partial charge in [-0.2, -0.15) is 0 Å². The van der Waals surface area contributed by atoms with Gasteiger partial charge in [-0.15, -0.1) is 0 Å². The molecule has 0 radical (unpaired) electrons. The molecule has 0 aliphatic carbocycles. The summed E-state index contributed by atoms with van der Waals surface area (Å²) in [5.41, 5.74) is 0.514. The zero-order valence-corrected chi connectivity index (χ0v) is 8.60. The van der Waals surface area contributed by atoms with Crippen molar-refractivity contribution in [3.8, 4) is 0 Å². The minimum Gasteiger partial charge on any atom is -0.386 e. The topological polar surface area (TPSA) is 20.2 Å². The second-order valence-electron chi connectivity index (χ2n) is 3.52. The molecule has 1 aromatic rings. The Kier molecular flexibility index (Phi) is 2.79. The van der Waals surface area contributed by atoms with E-state index in [0.29, 0.717) is 10.6 Å². The van der Waals surface area contributed by atoms with Gasteiger partial charge >= 0.3 is 0 Å². The van der Waals surface area contributed by atoms with Gasteiger partial charge in [0.1, 0.15) is 0 Å². The Bertz CT molecular complexity index is 323. The molecule has 70 valence electrons. The molecule has 13 heavy (non-hydrogen) atoms. The average Bonchev–Trinajstić information content (AvgIpc) is 2.02. The van der Waals surface area contributed by atoms with Gasteiger partial charge in [0, 0.05) is 5.02 Å². The molecule has 0 unspecified atom stereocenters. The lowest BCUT2D eigenvalue weighted by Crippen LogP contribution is -2.20. The molecular formula is C11H13ClO. The first kappa shape index (κ1) is 10.3. The summed E-state index contributed by atoms with van der Waals surface area (Å²) in [5.74, 6) is 0. The van der Waals surface area contributed by atoms with Crippen LogP contribution in [0.2, 0.25) is 5.02 Å². The van der Waals surface area contributed by atoms with Crippen molar-refractivity contribution in [3.05, 3.63) is 41.4 Å². The lowest BCUT2D eigenvalue weighted by molar-refractivity contribution is 0.144. The molecule has 1 N–H and O–H groups in total. The minimum absolute atomic E-state index is 0.620. The van der Waals surface area contributed by atoms with Gasteiger partial charge in [0.05, 0.1) is 5.60 Å². The molecule has 0 saturated heterocycles. The van der Waals surface area contributed by atoms with Crippen molar-refractivity contribution in [1.29, 1.82) is 0 Å². The molecule has 0 aromatic heterocycles. The summed E-state index contributed by atoms with van der Waals surface area (Å²) >= 11 is 5.95. The normalized spacial score (nSPS) is 11.4. The number of halogens is 1. The first-order valence-electron chi connectivity index (χ1n) is 4.09. The van der Waals surface area contributed by atoms with Crippen molar-refractivity contribution in [1.82, 2.24) is 0 Å². The van der Waals surface area contributed by atoms with Crippen LogP contribution in [0.15, 0.2) is 30.8 Å². The average molecular weight is 197 g/mol. The van der Waals surface area contributed by atoms with Crippen LogP contribution >= 0.6 is 11.6 Å². The Morgan fingerprint density at radius 1 is 1.38 bits per heavy atom. The van der Waals surface area contributed by atoms with E-state index in [1.165, 1.54) is 0 Å². The lowest BCUT2D eigenvalue weighted by Gasteiger charge is -2.21. The van der Waals surface area contributed by atoms with E-state index in [1.807, 2.05) is 18.2 Å². The van der Waals surface area contributed by atoms with E-state index in [0.717, 1.165) is 5.56 Å². The van der Waals surface area contributed by atoms with E-state index >= 15 is 0 Å². The SMILES string of the molecule is C=C(c1ccccc1Cl)C(C)(C)O. The van der Waals surface area contributed by atoms with E-state index < -0.39 is 5.60 Å². The molecule has 0 heterocycles. The van der Waals surface area contributed by atoms with Crippen LogP contribution in [0.3, 0.4) is 0 Å². The van der Waals surface area contributed by atoms with Crippen LogP contribution in [0.4, 0.5) is 0 Å². The molecule has 0 amide bonds. The van der Waals surface area contributed by atoms with E-state index in [1.54, 1.807) is 19.9 Å². The van der Waals surface area contributed by atoms with Gasteiger partial charge in [0.2, 0.25) is 0 Å². The van der Waals surface area contributed by atoms with E-state index in [-0.39, 0.29) is 0 Å². The third-order valence-electron chi connectivity index (χ3n) is 1.94. The van der Waals surface area contributed by atoms with Crippen LogP contribution in [0.1, 0.15) is 19.4 Å². The third kappa shape index (κ3) is 2.33. The highest BCUT2D eigenvalue weighted by Gasteiger charge is 2.20. The maximum absolute atomic E-state index is 9.71. The summed E-state index contributed by atoms with van der Waals surface area (Å²) in [4.78, 5) is 0. The fraction of sp³-hybridized carbons (Fsp3) is 0.273. The fourth-order valence-corrected chi connectivity index (χ4v) is 1.29. The predicted octanol–water partition coefficient (Wildman–Crippen LogP) is 3.12. The summed E-state index contributed by atoms with van der Waals surface area (Å²) < 4.78 is 0. The summed E-state index contributed by atoms with van der Waals surface area (Å²) in [7, 11) is 0. The number of rotatable bonds is 2. The van der Waals surface area contributed by atoms with Crippen LogP contribution in [0.25, 0.3) is 5.57 Å². The van der Waals surface area contributed by atoms with Crippen LogP contribution in [-0.2, 0) is 0 Å². The first-order valence-corrected chi connectivity index (χ1v) is 4.47. The number of aliphatic hydroxyl groups is 1. The predicted molar refractivity (Wildman–Crippen MR) is 56.8 cm³/mol. The van der Waals surface area contributed by atoms with Crippen molar-refractivity contribution in [2.45, 2.75) is 19.4 Å². The molecular weight excluding hydrogens is 184 g/mol. The molecule has 0 bridgehead atoms. The van der Waals surface area contributed by atoms with Crippen LogP contribution in [0, 0.1) is 0 Å². The van der Waals surface area contributed by atoms with Gasteiger partial charge in [0.25, 0.3) is 0 Å². The standard InChI is InChI=1S/C11H13ClO/c1-8(11(2,3)13)9-6-4-5-7-10(9)12/h4-7,13H,1H2,2-3H3. The Balaban J connectivity index is 3.10. The number of hydrogen-bond donors (Lipinski definition) is 1. The van der Waals surface area contributed by atoms with Gasteiger partial charge < -0.3 is 5.11 Å². The summed E-state index contributed by atoms with van der Waals surface area (Å²) in [6.07, 6.45) is 0. The molecule has 1 aromatic carbocycles. The highest BCUT2D eigenvalue weighted by Crippen LogP contribution is 2.29. The van der Waals surface area contributed by atoms with E-state index in [4.69, 9.17) is 11.6 Å². The molecule has 1 nitrogen and oxygen atoms in total. The fourth-order valence-electron chi connectivity index (χ4n) is 1.04. The smallest absolute Gasteiger partial charge is 0.0841 e. The molecule has 0 saturated carbocycles. The van der Waals surface area contributed by atoms with Gasteiger partial charge in [0.15, 0.2) is 0 Å². The Morgan fingerprint density at radius 3 is 2.38 bits per heavy atom. The van der Waals surface area contributed by atoms with Crippen molar-refractivity contribution < 1.29 is 5.11 Å². The van der Waals surface area contributed by atoms with Crippen molar-refractivity contribution in [3.63, 3.8) is 0 Å². The minimum atomic E-state index is -0.926. The van der Waals surface area contributed by atoms with Gasteiger partial charge in [-0.3, -0.25) is 0 Å². The lowest BCUT2D eigenvalue weighted by atomic mass is 9.93. The monoisotopic (exact) mass is 196 g/mol. The van der Waals surface area contributed by atoms with Crippen LogP contribution < -0.4 is 0 Å². The van der Waals surface area contributed by atoms with Crippen molar-refractivity contribution >= 4 is 17.2 Å². The molecule has 1 rings (SSSR count). The van der Waals surface area contributed by atoms with Crippen LogP contribution in [-0.4, -0.2) is 10.7 Å². The second kappa shape index (κ2) is 3.52. The first-order chi connectivity index (χ1) is 5.93. The van der Waals surface area contributed by atoms with Gasteiger partial charge in [-0.25, -0.2) is 0 Å². The molecule has 2 heteroatoms. The molecule has 0 atom stereocenters. The van der Waals surface area contributed by atoms with Crippen molar-refractivity contribution in [2.24, 2.45) is 0 Å². The molecule has 0 spiro atoms. The zero-order valence-electron chi connectivity index (χ0n) is 7.84. The summed E-state index contributed by atoms with van der Waals surface area (Å²) in [6, 6.07) is 7.36. The maximum atomic E-state index is 9.71. The van der Waals surface area contributed by atoms with Crippen molar-refractivity contribution in [2.75, 3.05) is 0 Å². The van der Waals surface area contributed by atoms with E-state index in [2.05, 4.69) is 6.58 Å². The Labute approximate surface area is 83.7 Å². The van der Waals surface area contributed by atoms with Gasteiger partial charge in [-0.05, 0) is 31.1 Å². The largest absolute Gasteiger partial charge is 0.386 e. The maximum Gasteiger partial charge on any atom is 0.0841 e. The highest BCUT2D eigenvalue weighted by atomic mass is 35.5. The summed E-state index contributed by atoms with van der Waals surface area (Å²) in [6.45, 7) is 7.21. The second-order valence-corrected chi connectivity index (χ2v) is 3.92. The number of hydrogen-bond acceptors (Lipinski definition) is 1. The highest BCUT2D eigenvalue weighted by molar-refractivity contribution is 6.32. The Hall–Kier alpha value is -0.790. The van der Waals surface area contributed by atoms with Crippen LogP contribution in [0.5, 0.6) is 0 Å². The van der Waals surface area contributed by atoms with E-state index in [9.17, 15) is 5.11 Å². The number of benzene rings is 1. The Morgan fingerprint density at radius 2 is 1.92 bits per heavy atom. The summed E-state index contributed by atoms with van der Waals surface area (Å²) in [5, 5.41) is 10.3. The molecule has 0 aliphatic rings.